The van der Waals surface area contributed by atoms with Crippen LogP contribution in [0, 0.1) is 0 Å². The molecular formula is C16H18N2O3. The maximum absolute atomic E-state index is 11.2. The third-order valence-corrected chi connectivity index (χ3v) is 3.23. The zero-order chi connectivity index (χ0) is 15.4. The lowest BCUT2D eigenvalue weighted by atomic mass is 10.1. The first-order chi connectivity index (χ1) is 10.0. The van der Waals surface area contributed by atoms with Crippen LogP contribution in [-0.4, -0.2) is 18.1 Å². The van der Waals surface area contributed by atoms with Gasteiger partial charge in [-0.1, -0.05) is 6.07 Å². The summed E-state index contributed by atoms with van der Waals surface area (Å²) in [6, 6.07) is 11.8. The number of benzene rings is 2. The van der Waals surface area contributed by atoms with Gasteiger partial charge in [-0.05, 0) is 43.3 Å². The molecule has 0 aliphatic heterocycles. The second-order valence-corrected chi connectivity index (χ2v) is 4.74. The van der Waals surface area contributed by atoms with E-state index in [1.165, 1.54) is 0 Å². The topological polar surface area (TPSA) is 84.6 Å². The molecule has 1 atom stereocenters. The molecule has 0 spiro atoms. The molecule has 2 aromatic rings. The van der Waals surface area contributed by atoms with E-state index >= 15 is 0 Å². The third-order valence-electron chi connectivity index (χ3n) is 3.23. The molecule has 0 saturated carbocycles. The van der Waals surface area contributed by atoms with Crippen molar-refractivity contribution in [2.75, 3.05) is 12.4 Å². The molecule has 4 N–H and O–H groups in total. The molecule has 2 aromatic carbocycles. The molecule has 2 rings (SSSR count). The van der Waals surface area contributed by atoms with Crippen LogP contribution >= 0.6 is 0 Å². The quantitative estimate of drug-likeness (QED) is 0.789. The van der Waals surface area contributed by atoms with Crippen molar-refractivity contribution in [2.24, 2.45) is 5.73 Å². The predicted octanol–water partition coefficient (Wildman–Crippen LogP) is 2.67. The lowest BCUT2D eigenvalue weighted by Gasteiger charge is -2.18. The van der Waals surface area contributed by atoms with Gasteiger partial charge in [0.2, 0.25) is 5.91 Å². The van der Waals surface area contributed by atoms with Gasteiger partial charge in [-0.3, -0.25) is 4.79 Å². The Hall–Kier alpha value is -2.69. The third kappa shape index (κ3) is 3.45. The van der Waals surface area contributed by atoms with Crippen molar-refractivity contribution in [3.8, 4) is 11.5 Å². The second-order valence-electron chi connectivity index (χ2n) is 4.74. The fraction of sp³-hybridized carbons (Fsp3) is 0.188. The van der Waals surface area contributed by atoms with E-state index in [0.29, 0.717) is 16.9 Å². The van der Waals surface area contributed by atoms with Gasteiger partial charge in [0, 0.05) is 16.8 Å². The number of ether oxygens (including phenoxy) is 1. The minimum Gasteiger partial charge on any atom is -0.508 e. The van der Waals surface area contributed by atoms with E-state index in [1.807, 2.05) is 13.0 Å². The average molecular weight is 286 g/mol. The number of amides is 1. The van der Waals surface area contributed by atoms with Gasteiger partial charge >= 0.3 is 0 Å². The van der Waals surface area contributed by atoms with Gasteiger partial charge in [-0.25, -0.2) is 0 Å². The molecule has 0 aromatic heterocycles. The number of nitrogens with one attached hydrogen (secondary N) is 1. The van der Waals surface area contributed by atoms with Crippen LogP contribution in [-0.2, 0) is 0 Å². The Morgan fingerprint density at radius 3 is 2.71 bits per heavy atom. The van der Waals surface area contributed by atoms with Gasteiger partial charge in [-0.2, -0.15) is 0 Å². The van der Waals surface area contributed by atoms with Crippen LogP contribution in [0.25, 0.3) is 0 Å². The molecule has 0 bridgehead atoms. The van der Waals surface area contributed by atoms with Gasteiger partial charge < -0.3 is 20.9 Å². The lowest BCUT2D eigenvalue weighted by molar-refractivity contribution is 0.100. The number of carbonyl (C=O) groups is 1. The normalized spacial score (nSPS) is 11.7. The summed E-state index contributed by atoms with van der Waals surface area (Å²) in [5.74, 6) is 0.375. The van der Waals surface area contributed by atoms with Crippen molar-refractivity contribution in [1.82, 2.24) is 0 Å². The molecule has 5 nitrogen and oxygen atoms in total. The first-order valence-corrected chi connectivity index (χ1v) is 6.54. The zero-order valence-electron chi connectivity index (χ0n) is 12.0. The van der Waals surface area contributed by atoms with Crippen LogP contribution in [0.1, 0.15) is 28.9 Å². The number of phenolic OH excluding ortho intramolecular Hbond substituents is 1. The fourth-order valence-electron chi connectivity index (χ4n) is 2.10. The van der Waals surface area contributed by atoms with Gasteiger partial charge in [0.15, 0.2) is 0 Å². The summed E-state index contributed by atoms with van der Waals surface area (Å²) in [4.78, 5) is 11.2. The summed E-state index contributed by atoms with van der Waals surface area (Å²) in [7, 11) is 1.57. The van der Waals surface area contributed by atoms with Crippen LogP contribution in [0.4, 0.5) is 5.69 Å². The highest BCUT2D eigenvalue weighted by Crippen LogP contribution is 2.30. The molecule has 0 radical (unpaired) electrons. The van der Waals surface area contributed by atoms with Gasteiger partial charge in [0.1, 0.15) is 11.5 Å². The number of phenols is 1. The van der Waals surface area contributed by atoms with E-state index in [9.17, 15) is 9.90 Å². The van der Waals surface area contributed by atoms with Gasteiger partial charge in [0.25, 0.3) is 0 Å². The largest absolute Gasteiger partial charge is 0.508 e. The van der Waals surface area contributed by atoms with Crippen molar-refractivity contribution < 1.29 is 14.6 Å². The molecule has 0 saturated heterocycles. The standard InChI is InChI=1S/C16H18N2O3/c1-10(14-9-13(21-2)6-7-15(14)19)18-12-5-3-4-11(8-12)16(17)20/h3-10,18-19H,1-2H3,(H2,17,20). The Labute approximate surface area is 123 Å². The highest BCUT2D eigenvalue weighted by atomic mass is 16.5. The molecular weight excluding hydrogens is 268 g/mol. The minimum absolute atomic E-state index is 0.164. The van der Waals surface area contributed by atoms with Crippen molar-refractivity contribution in [1.29, 1.82) is 0 Å². The lowest BCUT2D eigenvalue weighted by Crippen LogP contribution is -2.12. The first-order valence-electron chi connectivity index (χ1n) is 6.54. The van der Waals surface area contributed by atoms with Crippen LogP contribution in [0.5, 0.6) is 11.5 Å². The van der Waals surface area contributed by atoms with Crippen molar-refractivity contribution in [2.45, 2.75) is 13.0 Å². The number of primary amides is 1. The fourth-order valence-corrected chi connectivity index (χ4v) is 2.10. The highest BCUT2D eigenvalue weighted by molar-refractivity contribution is 5.93. The number of carbonyl (C=O) groups excluding carboxylic acids is 1. The number of rotatable bonds is 5. The maximum atomic E-state index is 11.2. The van der Waals surface area contributed by atoms with E-state index < -0.39 is 5.91 Å². The number of aromatic hydroxyl groups is 1. The molecule has 1 amide bonds. The molecule has 110 valence electrons. The monoisotopic (exact) mass is 286 g/mol. The molecule has 0 heterocycles. The Balaban J connectivity index is 2.23. The number of anilines is 1. The minimum atomic E-state index is -0.476. The van der Waals surface area contributed by atoms with E-state index in [4.69, 9.17) is 10.5 Å². The average Bonchev–Trinajstić information content (AvgIpc) is 2.48. The SMILES string of the molecule is COc1ccc(O)c(C(C)Nc2cccc(C(N)=O)c2)c1. The zero-order valence-corrected chi connectivity index (χ0v) is 12.0. The molecule has 0 fully saturated rings. The van der Waals surface area contributed by atoms with Crippen LogP contribution in [0.3, 0.4) is 0 Å². The van der Waals surface area contributed by atoms with Crippen LogP contribution in [0.15, 0.2) is 42.5 Å². The smallest absolute Gasteiger partial charge is 0.248 e. The van der Waals surface area contributed by atoms with E-state index in [1.54, 1.807) is 43.5 Å². The molecule has 21 heavy (non-hydrogen) atoms. The Bertz CT molecular complexity index is 656. The van der Waals surface area contributed by atoms with Gasteiger partial charge in [-0.15, -0.1) is 0 Å². The summed E-state index contributed by atoms with van der Waals surface area (Å²) >= 11 is 0. The van der Waals surface area contributed by atoms with E-state index in [-0.39, 0.29) is 11.8 Å². The van der Waals surface area contributed by atoms with Crippen molar-refractivity contribution in [3.05, 3.63) is 53.6 Å². The second kappa shape index (κ2) is 6.17. The molecule has 0 aliphatic rings. The predicted molar refractivity (Wildman–Crippen MR) is 81.7 cm³/mol. The summed E-state index contributed by atoms with van der Waals surface area (Å²) < 4.78 is 5.16. The summed E-state index contributed by atoms with van der Waals surface area (Å²) in [6.07, 6.45) is 0. The highest BCUT2D eigenvalue weighted by Gasteiger charge is 2.12. The molecule has 0 aliphatic carbocycles. The Morgan fingerprint density at radius 1 is 1.29 bits per heavy atom. The maximum Gasteiger partial charge on any atom is 0.248 e. The van der Waals surface area contributed by atoms with E-state index in [0.717, 1.165) is 5.69 Å². The number of hydrogen-bond donors (Lipinski definition) is 3. The first kappa shape index (κ1) is 14.7. The van der Waals surface area contributed by atoms with Crippen molar-refractivity contribution in [3.63, 3.8) is 0 Å². The van der Waals surface area contributed by atoms with E-state index in [2.05, 4.69) is 5.32 Å². The van der Waals surface area contributed by atoms with Gasteiger partial charge in [0.05, 0.1) is 13.2 Å². The summed E-state index contributed by atoms with van der Waals surface area (Å²) in [5.41, 5.74) is 7.15. The summed E-state index contributed by atoms with van der Waals surface area (Å²) in [6.45, 7) is 1.91. The summed E-state index contributed by atoms with van der Waals surface area (Å²) in [5, 5.41) is 13.2. The number of methoxy groups -OCH3 is 1. The van der Waals surface area contributed by atoms with Crippen LogP contribution in [0.2, 0.25) is 0 Å². The number of nitrogens with two attached hydrogens (primary N) is 1. The number of hydrogen-bond acceptors (Lipinski definition) is 4. The molecule has 5 heteroatoms. The Morgan fingerprint density at radius 2 is 2.05 bits per heavy atom. The Kier molecular flexibility index (Phi) is 4.33. The molecule has 1 unspecified atom stereocenters. The van der Waals surface area contributed by atoms with Crippen LogP contribution < -0.4 is 15.8 Å². The van der Waals surface area contributed by atoms with Crippen molar-refractivity contribution >= 4 is 11.6 Å².